The molecular weight excluding hydrogens is 310 g/mol. The molecule has 112 valence electrons. The molecule has 20 heavy (non-hydrogen) atoms. The van der Waals surface area contributed by atoms with Crippen LogP contribution in [-0.4, -0.2) is 13.3 Å². The fraction of sp³-hybridized carbons (Fsp3) is 0.611. The van der Waals surface area contributed by atoms with E-state index in [0.717, 1.165) is 5.92 Å². The molecule has 1 aromatic rings. The zero-order valence-corrected chi connectivity index (χ0v) is 15.1. The summed E-state index contributed by atoms with van der Waals surface area (Å²) in [5.74, 6) is 1.32. The molecule has 0 aromatic heterocycles. The summed E-state index contributed by atoms with van der Waals surface area (Å²) in [6, 6.07) is 4.52. The molecule has 0 heterocycles. The van der Waals surface area contributed by atoms with Crippen LogP contribution in [0.3, 0.4) is 0 Å². The van der Waals surface area contributed by atoms with Crippen molar-refractivity contribution in [3.8, 4) is 0 Å². The average molecular weight is 338 g/mol. The Hall–Kier alpha value is -0.630. The molecule has 2 atom stereocenters. The lowest BCUT2D eigenvalue weighted by atomic mass is 9.84. The van der Waals surface area contributed by atoms with Crippen LogP contribution in [0.5, 0.6) is 0 Å². The molecule has 0 bridgehead atoms. The van der Waals surface area contributed by atoms with Crippen molar-refractivity contribution in [1.82, 2.24) is 0 Å². The Morgan fingerprint density at radius 3 is 2.55 bits per heavy atom. The van der Waals surface area contributed by atoms with Crippen LogP contribution in [0.4, 0.5) is 0 Å². The van der Waals surface area contributed by atoms with Crippen LogP contribution >= 0.6 is 15.9 Å². The second kappa shape index (κ2) is 8.61. The van der Waals surface area contributed by atoms with E-state index in [1.54, 1.807) is 0 Å². The lowest BCUT2D eigenvalue weighted by molar-refractivity contribution is 0.430. The zero-order valence-electron chi connectivity index (χ0n) is 13.5. The maximum Gasteiger partial charge on any atom is 0.0284 e. The van der Waals surface area contributed by atoms with E-state index in [1.165, 1.54) is 46.8 Å². The van der Waals surface area contributed by atoms with Crippen molar-refractivity contribution in [2.75, 3.05) is 7.05 Å². The van der Waals surface area contributed by atoms with Gasteiger partial charge >= 0.3 is 0 Å². The van der Waals surface area contributed by atoms with Crippen molar-refractivity contribution in [3.05, 3.63) is 33.3 Å². The number of aryl methyl sites for hydroxylation is 1. The van der Waals surface area contributed by atoms with E-state index >= 15 is 0 Å². The Bertz CT molecular complexity index is 451. The van der Waals surface area contributed by atoms with Crippen LogP contribution < -0.4 is 0 Å². The average Bonchev–Trinajstić information content (AvgIpc) is 2.42. The van der Waals surface area contributed by atoms with Gasteiger partial charge in [-0.1, -0.05) is 68.5 Å². The molecule has 2 heteroatoms. The molecule has 0 saturated heterocycles. The molecule has 0 fully saturated rings. The zero-order chi connectivity index (χ0) is 15.1. The highest BCUT2D eigenvalue weighted by molar-refractivity contribution is 9.10. The Balaban J connectivity index is 2.87. The van der Waals surface area contributed by atoms with Crippen molar-refractivity contribution in [1.29, 1.82) is 0 Å². The summed E-state index contributed by atoms with van der Waals surface area (Å²) < 4.78 is 1.22. The van der Waals surface area contributed by atoms with Gasteiger partial charge in [0.25, 0.3) is 0 Å². The van der Waals surface area contributed by atoms with Crippen LogP contribution in [0.25, 0.3) is 0 Å². The van der Waals surface area contributed by atoms with Gasteiger partial charge < -0.3 is 0 Å². The van der Waals surface area contributed by atoms with Crippen molar-refractivity contribution >= 4 is 22.1 Å². The second-order valence-corrected chi connectivity index (χ2v) is 6.73. The third-order valence-corrected chi connectivity index (χ3v) is 4.95. The highest BCUT2D eigenvalue weighted by Gasteiger charge is 2.17. The van der Waals surface area contributed by atoms with Gasteiger partial charge in [0.2, 0.25) is 0 Å². The molecule has 0 amide bonds. The van der Waals surface area contributed by atoms with Crippen molar-refractivity contribution in [2.45, 2.75) is 59.3 Å². The lowest BCUT2D eigenvalue weighted by Gasteiger charge is -2.22. The number of aliphatic imine (C=N–C) groups is 1. The van der Waals surface area contributed by atoms with E-state index in [1.807, 2.05) is 13.3 Å². The summed E-state index contributed by atoms with van der Waals surface area (Å²) in [6.07, 6.45) is 7.25. The van der Waals surface area contributed by atoms with Gasteiger partial charge in [-0.3, -0.25) is 4.99 Å². The van der Waals surface area contributed by atoms with Gasteiger partial charge in [-0.15, -0.1) is 0 Å². The number of benzene rings is 1. The molecule has 1 aromatic carbocycles. The largest absolute Gasteiger partial charge is 0.296 e. The van der Waals surface area contributed by atoms with Crippen LogP contribution in [0.1, 0.15) is 69.1 Å². The number of rotatable bonds is 7. The minimum absolute atomic E-state index is 0.590. The first-order valence-corrected chi connectivity index (χ1v) is 8.52. The van der Waals surface area contributed by atoms with Crippen LogP contribution in [0, 0.1) is 12.8 Å². The number of unbranched alkanes of at least 4 members (excludes halogenated alkanes) is 2. The van der Waals surface area contributed by atoms with Crippen molar-refractivity contribution in [3.63, 3.8) is 0 Å². The van der Waals surface area contributed by atoms with Crippen molar-refractivity contribution in [2.24, 2.45) is 10.9 Å². The number of nitrogens with zero attached hydrogens (tertiary/aromatic N) is 1. The molecule has 0 radical (unpaired) electrons. The monoisotopic (exact) mass is 337 g/mol. The molecule has 1 rings (SSSR count). The Labute approximate surface area is 133 Å². The summed E-state index contributed by atoms with van der Waals surface area (Å²) in [4.78, 5) is 4.12. The Kier molecular flexibility index (Phi) is 7.50. The topological polar surface area (TPSA) is 12.4 Å². The number of hydrogen-bond acceptors (Lipinski definition) is 1. The molecule has 0 aliphatic carbocycles. The van der Waals surface area contributed by atoms with Crippen LogP contribution in [0.2, 0.25) is 0 Å². The van der Waals surface area contributed by atoms with Crippen LogP contribution in [0.15, 0.2) is 21.6 Å². The number of hydrogen-bond donors (Lipinski definition) is 0. The third kappa shape index (κ3) is 4.73. The summed E-state index contributed by atoms with van der Waals surface area (Å²) in [5, 5.41) is 0. The summed E-state index contributed by atoms with van der Waals surface area (Å²) in [6.45, 7) is 9.16. The summed E-state index contributed by atoms with van der Waals surface area (Å²) >= 11 is 3.74. The first kappa shape index (κ1) is 17.4. The fourth-order valence-corrected chi connectivity index (χ4v) is 3.34. The molecule has 0 spiro atoms. The molecule has 0 aliphatic heterocycles. The summed E-state index contributed by atoms with van der Waals surface area (Å²) in [5.41, 5.74) is 3.94. The third-order valence-electron chi connectivity index (χ3n) is 4.26. The molecule has 0 N–H and O–H groups in total. The van der Waals surface area contributed by atoms with E-state index in [9.17, 15) is 0 Å². The van der Waals surface area contributed by atoms with E-state index in [0.29, 0.717) is 5.92 Å². The van der Waals surface area contributed by atoms with Gasteiger partial charge in [-0.2, -0.15) is 0 Å². The molecule has 2 unspecified atom stereocenters. The van der Waals surface area contributed by atoms with Gasteiger partial charge in [0.05, 0.1) is 0 Å². The SMILES string of the molecule is CCCCCC(C)C(C)c1cc(C)c(C=NC)cc1Br. The minimum Gasteiger partial charge on any atom is -0.296 e. The normalized spacial score (nSPS) is 14.7. The summed E-state index contributed by atoms with van der Waals surface area (Å²) in [7, 11) is 1.82. The van der Waals surface area contributed by atoms with E-state index in [-0.39, 0.29) is 0 Å². The molecular formula is C18H28BrN. The molecule has 1 nitrogen and oxygen atoms in total. The molecule has 0 saturated carbocycles. The van der Waals surface area contributed by atoms with Gasteiger partial charge in [0, 0.05) is 17.7 Å². The first-order valence-electron chi connectivity index (χ1n) is 7.73. The highest BCUT2D eigenvalue weighted by Crippen LogP contribution is 2.34. The predicted molar refractivity (Wildman–Crippen MR) is 94.1 cm³/mol. The highest BCUT2D eigenvalue weighted by atomic mass is 79.9. The predicted octanol–water partition coefficient (Wildman–Crippen LogP) is 6.13. The van der Waals surface area contributed by atoms with Crippen molar-refractivity contribution < 1.29 is 0 Å². The Morgan fingerprint density at radius 1 is 1.25 bits per heavy atom. The maximum absolute atomic E-state index is 4.12. The van der Waals surface area contributed by atoms with Gasteiger partial charge in [0.1, 0.15) is 0 Å². The second-order valence-electron chi connectivity index (χ2n) is 5.88. The number of halogens is 1. The van der Waals surface area contributed by atoms with E-state index < -0.39 is 0 Å². The van der Waals surface area contributed by atoms with Gasteiger partial charge in [-0.05, 0) is 41.5 Å². The quantitative estimate of drug-likeness (QED) is 0.419. The van der Waals surface area contributed by atoms with Gasteiger partial charge in [0.15, 0.2) is 0 Å². The minimum atomic E-state index is 0.590. The maximum atomic E-state index is 4.12. The van der Waals surface area contributed by atoms with E-state index in [4.69, 9.17) is 0 Å². The Morgan fingerprint density at radius 2 is 1.95 bits per heavy atom. The fourth-order valence-electron chi connectivity index (χ4n) is 2.62. The lowest BCUT2D eigenvalue weighted by Crippen LogP contribution is -2.08. The standard InChI is InChI=1S/C18H28BrN/c1-6-7-8-9-13(2)15(4)17-10-14(3)16(12-20-5)11-18(17)19/h10-13,15H,6-9H2,1-5H3. The molecule has 0 aliphatic rings. The van der Waals surface area contributed by atoms with Crippen LogP contribution in [-0.2, 0) is 0 Å². The smallest absolute Gasteiger partial charge is 0.0284 e. The first-order chi connectivity index (χ1) is 9.51. The van der Waals surface area contributed by atoms with E-state index in [2.05, 4.69) is 60.8 Å². The van der Waals surface area contributed by atoms with Gasteiger partial charge in [-0.25, -0.2) is 0 Å².